The van der Waals surface area contributed by atoms with Crippen LogP contribution in [0.15, 0.2) is 35.2 Å². The van der Waals surface area contributed by atoms with Crippen LogP contribution < -0.4 is 0 Å². The molecule has 128 valence electrons. The van der Waals surface area contributed by atoms with Crippen LogP contribution in [0.25, 0.3) is 0 Å². The molecule has 1 unspecified atom stereocenters. The zero-order valence-electron chi connectivity index (χ0n) is 12.8. The second-order valence-corrected chi connectivity index (χ2v) is 9.21. The maximum atomic E-state index is 13.1. The fraction of sp³-hybridized carbons (Fsp3) is 0.333. The molecule has 9 heteroatoms. The fourth-order valence-electron chi connectivity index (χ4n) is 2.92. The summed E-state index contributed by atoms with van der Waals surface area (Å²) in [5, 5.41) is 11.4. The Morgan fingerprint density at radius 1 is 1.33 bits per heavy atom. The molecule has 2 aromatic rings. The van der Waals surface area contributed by atoms with E-state index in [4.69, 9.17) is 11.6 Å². The maximum Gasteiger partial charge on any atom is 0.289 e. The Hall–Kier alpha value is -1.48. The number of nitrogens with zero attached hydrogens (tertiary/aromatic N) is 2. The minimum atomic E-state index is -4.01. The predicted octanol–water partition coefficient (Wildman–Crippen LogP) is 4.14. The average molecular weight is 387 g/mol. The van der Waals surface area contributed by atoms with Gasteiger partial charge in [0.15, 0.2) is 4.90 Å². The highest BCUT2D eigenvalue weighted by Crippen LogP contribution is 2.41. The van der Waals surface area contributed by atoms with Gasteiger partial charge in [-0.25, -0.2) is 8.42 Å². The second kappa shape index (κ2) is 6.44. The van der Waals surface area contributed by atoms with E-state index in [1.54, 1.807) is 11.3 Å². The Kier molecular flexibility index (Phi) is 4.65. The van der Waals surface area contributed by atoms with Gasteiger partial charge in [0, 0.05) is 27.4 Å². The topological polar surface area (TPSA) is 80.5 Å². The van der Waals surface area contributed by atoms with Crippen LogP contribution in [0.1, 0.15) is 28.6 Å². The van der Waals surface area contributed by atoms with Gasteiger partial charge in [-0.15, -0.1) is 11.3 Å². The highest BCUT2D eigenvalue weighted by molar-refractivity contribution is 7.89. The van der Waals surface area contributed by atoms with Gasteiger partial charge in [-0.05, 0) is 44.0 Å². The van der Waals surface area contributed by atoms with Crippen LogP contribution in [-0.2, 0) is 10.0 Å². The fourth-order valence-corrected chi connectivity index (χ4v) is 6.10. The molecule has 0 radical (unpaired) electrons. The predicted molar refractivity (Wildman–Crippen MR) is 93.0 cm³/mol. The van der Waals surface area contributed by atoms with E-state index in [-0.39, 0.29) is 16.0 Å². The van der Waals surface area contributed by atoms with Gasteiger partial charge in [0.1, 0.15) is 0 Å². The molecular formula is C15H15ClN2O4S2. The molecule has 1 aromatic heterocycles. The van der Waals surface area contributed by atoms with Gasteiger partial charge in [-0.2, -0.15) is 4.31 Å². The number of sulfonamides is 1. The van der Waals surface area contributed by atoms with Crippen molar-refractivity contribution < 1.29 is 13.3 Å². The van der Waals surface area contributed by atoms with Crippen molar-refractivity contribution in [1.82, 2.24) is 4.31 Å². The summed E-state index contributed by atoms with van der Waals surface area (Å²) in [6.45, 7) is 2.30. The van der Waals surface area contributed by atoms with Crippen molar-refractivity contribution in [3.05, 3.63) is 55.2 Å². The first-order valence-electron chi connectivity index (χ1n) is 7.33. The van der Waals surface area contributed by atoms with Crippen molar-refractivity contribution in [2.45, 2.75) is 30.7 Å². The minimum absolute atomic E-state index is 0.155. The number of halogens is 1. The molecule has 1 aromatic carbocycles. The Bertz CT molecular complexity index is 895. The summed E-state index contributed by atoms with van der Waals surface area (Å²) >= 11 is 7.44. The average Bonchev–Trinajstić information content (AvgIpc) is 3.15. The molecule has 2 heterocycles. The monoisotopic (exact) mass is 386 g/mol. The molecule has 0 saturated carbocycles. The third-order valence-corrected chi connectivity index (χ3v) is 7.27. The lowest BCUT2D eigenvalue weighted by molar-refractivity contribution is -0.387. The highest BCUT2D eigenvalue weighted by atomic mass is 35.5. The van der Waals surface area contributed by atoms with Crippen molar-refractivity contribution in [2.75, 3.05) is 6.54 Å². The van der Waals surface area contributed by atoms with Crippen molar-refractivity contribution in [3.8, 4) is 0 Å². The first-order chi connectivity index (χ1) is 11.3. The summed E-state index contributed by atoms with van der Waals surface area (Å²) in [6, 6.07) is 7.20. The van der Waals surface area contributed by atoms with Crippen molar-refractivity contribution in [2.24, 2.45) is 0 Å². The number of aryl methyl sites for hydroxylation is 1. The van der Waals surface area contributed by atoms with E-state index in [2.05, 4.69) is 0 Å². The highest BCUT2D eigenvalue weighted by Gasteiger charge is 2.40. The second-order valence-electron chi connectivity index (χ2n) is 5.59. The number of hydrogen-bond acceptors (Lipinski definition) is 5. The molecule has 1 fully saturated rings. The van der Waals surface area contributed by atoms with Crippen LogP contribution in [0.5, 0.6) is 0 Å². The molecule has 1 saturated heterocycles. The first-order valence-corrected chi connectivity index (χ1v) is 9.96. The number of nitro groups is 1. The summed E-state index contributed by atoms with van der Waals surface area (Å²) in [7, 11) is -4.01. The molecule has 24 heavy (non-hydrogen) atoms. The SMILES string of the molecule is Cc1ccc(C2CCCN2S(=O)(=O)c2cc(Cl)ccc2[N+](=O)[O-])s1. The number of benzene rings is 1. The van der Waals surface area contributed by atoms with E-state index in [0.29, 0.717) is 13.0 Å². The van der Waals surface area contributed by atoms with E-state index in [1.807, 2.05) is 19.1 Å². The normalized spacial score (nSPS) is 18.8. The van der Waals surface area contributed by atoms with Crippen molar-refractivity contribution in [1.29, 1.82) is 0 Å². The van der Waals surface area contributed by atoms with E-state index in [9.17, 15) is 18.5 Å². The van der Waals surface area contributed by atoms with Crippen LogP contribution in [0, 0.1) is 17.0 Å². The number of thiophene rings is 1. The Morgan fingerprint density at radius 2 is 2.08 bits per heavy atom. The van der Waals surface area contributed by atoms with Crippen molar-refractivity contribution >= 4 is 38.6 Å². The molecule has 0 spiro atoms. The smallest absolute Gasteiger partial charge is 0.258 e. The van der Waals surface area contributed by atoms with Gasteiger partial charge in [0.25, 0.3) is 15.7 Å². The largest absolute Gasteiger partial charge is 0.289 e. The molecule has 6 nitrogen and oxygen atoms in total. The van der Waals surface area contributed by atoms with Gasteiger partial charge in [0.05, 0.1) is 11.0 Å². The summed E-state index contributed by atoms with van der Waals surface area (Å²) in [5.41, 5.74) is -0.451. The van der Waals surface area contributed by atoms with Gasteiger partial charge < -0.3 is 0 Å². The van der Waals surface area contributed by atoms with Crippen LogP contribution in [0.2, 0.25) is 5.02 Å². The summed E-state index contributed by atoms with van der Waals surface area (Å²) in [5.74, 6) is 0. The van der Waals surface area contributed by atoms with Crippen LogP contribution in [0.3, 0.4) is 0 Å². The van der Waals surface area contributed by atoms with E-state index in [0.717, 1.165) is 28.3 Å². The van der Waals surface area contributed by atoms with Gasteiger partial charge in [0.2, 0.25) is 0 Å². The molecular weight excluding hydrogens is 372 g/mol. The maximum absolute atomic E-state index is 13.1. The van der Waals surface area contributed by atoms with Crippen LogP contribution in [-0.4, -0.2) is 24.2 Å². The molecule has 0 amide bonds. The third-order valence-electron chi connectivity index (χ3n) is 4.00. The van der Waals surface area contributed by atoms with Gasteiger partial charge in [-0.3, -0.25) is 10.1 Å². The minimum Gasteiger partial charge on any atom is -0.258 e. The van der Waals surface area contributed by atoms with E-state index >= 15 is 0 Å². The summed E-state index contributed by atoms with van der Waals surface area (Å²) in [6.07, 6.45) is 1.42. The molecule has 1 aliphatic heterocycles. The Balaban J connectivity index is 2.07. The first kappa shape index (κ1) is 17.3. The van der Waals surface area contributed by atoms with Crippen LogP contribution in [0.4, 0.5) is 5.69 Å². The van der Waals surface area contributed by atoms with Gasteiger partial charge in [-0.1, -0.05) is 11.6 Å². The lowest BCUT2D eigenvalue weighted by atomic mass is 10.2. The molecule has 1 aliphatic rings. The zero-order chi connectivity index (χ0) is 17.5. The Labute approximate surface area is 148 Å². The lowest BCUT2D eigenvalue weighted by Gasteiger charge is -2.23. The molecule has 1 atom stereocenters. The molecule has 3 rings (SSSR count). The quantitative estimate of drug-likeness (QED) is 0.584. The standard InChI is InChI=1S/C15H15ClN2O4S2/c1-10-4-7-14(23-10)12-3-2-8-17(12)24(21,22)15-9-11(16)5-6-13(15)18(19)20/h4-7,9,12H,2-3,8H2,1H3. The molecule has 0 bridgehead atoms. The number of nitro benzene ring substituents is 1. The van der Waals surface area contributed by atoms with Gasteiger partial charge >= 0.3 is 0 Å². The summed E-state index contributed by atoms with van der Waals surface area (Å²) < 4.78 is 27.5. The number of hydrogen-bond donors (Lipinski definition) is 0. The van der Waals surface area contributed by atoms with Crippen molar-refractivity contribution in [3.63, 3.8) is 0 Å². The summed E-state index contributed by atoms with van der Waals surface area (Å²) in [4.78, 5) is 12.2. The van der Waals surface area contributed by atoms with E-state index in [1.165, 1.54) is 10.4 Å². The molecule has 0 N–H and O–H groups in total. The third kappa shape index (κ3) is 3.06. The zero-order valence-corrected chi connectivity index (χ0v) is 15.2. The molecule has 0 aliphatic carbocycles. The van der Waals surface area contributed by atoms with Crippen LogP contribution >= 0.6 is 22.9 Å². The Morgan fingerprint density at radius 3 is 2.71 bits per heavy atom. The van der Waals surface area contributed by atoms with E-state index < -0.39 is 20.6 Å². The number of rotatable bonds is 4. The lowest BCUT2D eigenvalue weighted by Crippen LogP contribution is -2.30.